The highest BCUT2D eigenvalue weighted by atomic mass is 19.1. The average molecular weight is 275 g/mol. The molecule has 0 radical (unpaired) electrons. The first kappa shape index (κ1) is 12.6. The van der Waals surface area contributed by atoms with Gasteiger partial charge in [0.05, 0.1) is 18.4 Å². The number of likely N-dealkylation sites (tertiary alicyclic amines) is 1. The highest BCUT2D eigenvalue weighted by molar-refractivity contribution is 5.89. The summed E-state index contributed by atoms with van der Waals surface area (Å²) in [5.41, 5.74) is 0.581. The topological polar surface area (TPSA) is 63.1 Å². The molecule has 20 heavy (non-hydrogen) atoms. The highest BCUT2D eigenvalue weighted by Crippen LogP contribution is 2.20. The lowest BCUT2D eigenvalue weighted by atomic mass is 10.3. The van der Waals surface area contributed by atoms with Gasteiger partial charge in [0, 0.05) is 18.8 Å². The molecule has 7 heteroatoms. The van der Waals surface area contributed by atoms with Crippen molar-refractivity contribution >= 4 is 11.7 Å². The van der Waals surface area contributed by atoms with Crippen LogP contribution in [-0.4, -0.2) is 39.0 Å². The molecule has 1 aliphatic rings. The molecule has 3 rings (SSSR count). The fraction of sp³-hybridized carbons (Fsp3) is 0.308. The summed E-state index contributed by atoms with van der Waals surface area (Å²) in [5, 5.41) is 10.9. The first-order valence-electron chi connectivity index (χ1n) is 6.39. The fourth-order valence-corrected chi connectivity index (χ4v) is 2.27. The lowest BCUT2D eigenvalue weighted by molar-refractivity contribution is 0.220. The Bertz CT molecular complexity index is 583. The molecule has 1 N–H and O–H groups in total. The maximum absolute atomic E-state index is 12.8. The van der Waals surface area contributed by atoms with Gasteiger partial charge in [0.15, 0.2) is 0 Å². The molecule has 0 saturated carbocycles. The molecule has 1 unspecified atom stereocenters. The van der Waals surface area contributed by atoms with E-state index < -0.39 is 0 Å². The van der Waals surface area contributed by atoms with Crippen molar-refractivity contribution in [1.29, 1.82) is 0 Å². The van der Waals surface area contributed by atoms with Crippen LogP contribution in [0.2, 0.25) is 0 Å². The second-order valence-electron chi connectivity index (χ2n) is 4.68. The van der Waals surface area contributed by atoms with Crippen LogP contribution in [0.1, 0.15) is 12.5 Å². The molecule has 1 fully saturated rings. The zero-order valence-electron chi connectivity index (χ0n) is 10.7. The lowest BCUT2D eigenvalue weighted by Crippen LogP contribution is -2.33. The standard InChI is InChI=1S/C13H14FN5O/c14-10-1-3-11(4-2-10)17-13(20)18-8-5-12(9-18)19-15-6-7-16-19/h1-4,6-7,12H,5,8-9H2,(H,17,20). The minimum Gasteiger partial charge on any atom is -0.322 e. The van der Waals surface area contributed by atoms with Crippen LogP contribution in [-0.2, 0) is 0 Å². The van der Waals surface area contributed by atoms with Crippen molar-refractivity contribution in [2.45, 2.75) is 12.5 Å². The number of anilines is 1. The first-order valence-corrected chi connectivity index (χ1v) is 6.39. The number of nitrogens with zero attached hydrogens (tertiary/aromatic N) is 4. The number of rotatable bonds is 2. The summed E-state index contributed by atoms with van der Waals surface area (Å²) in [6, 6.07) is 5.63. The third kappa shape index (κ3) is 2.61. The summed E-state index contributed by atoms with van der Waals surface area (Å²) in [4.78, 5) is 15.4. The van der Waals surface area contributed by atoms with Gasteiger partial charge < -0.3 is 10.2 Å². The molecular formula is C13H14FN5O. The maximum Gasteiger partial charge on any atom is 0.321 e. The first-order chi connectivity index (χ1) is 9.72. The minimum absolute atomic E-state index is 0.115. The van der Waals surface area contributed by atoms with Gasteiger partial charge in [0.1, 0.15) is 5.82 Å². The summed E-state index contributed by atoms with van der Waals surface area (Å²) in [6.45, 7) is 1.22. The van der Waals surface area contributed by atoms with Crippen LogP contribution in [0, 0.1) is 5.82 Å². The van der Waals surface area contributed by atoms with Crippen LogP contribution in [0.4, 0.5) is 14.9 Å². The summed E-state index contributed by atoms with van der Waals surface area (Å²) < 4.78 is 12.8. The van der Waals surface area contributed by atoms with Gasteiger partial charge >= 0.3 is 6.03 Å². The number of carbonyl (C=O) groups excluding carboxylic acids is 1. The quantitative estimate of drug-likeness (QED) is 0.910. The van der Waals surface area contributed by atoms with E-state index in [0.29, 0.717) is 18.8 Å². The Balaban J connectivity index is 1.60. The molecule has 0 spiro atoms. The monoisotopic (exact) mass is 275 g/mol. The molecular weight excluding hydrogens is 261 g/mol. The van der Waals surface area contributed by atoms with Gasteiger partial charge in [0.2, 0.25) is 0 Å². The number of nitrogens with one attached hydrogen (secondary N) is 1. The molecule has 1 saturated heterocycles. The minimum atomic E-state index is -0.325. The van der Waals surface area contributed by atoms with E-state index in [9.17, 15) is 9.18 Å². The summed E-state index contributed by atoms with van der Waals surface area (Å²) in [7, 11) is 0. The Morgan fingerprint density at radius 3 is 2.65 bits per heavy atom. The fourth-order valence-electron chi connectivity index (χ4n) is 2.27. The van der Waals surface area contributed by atoms with E-state index in [1.807, 2.05) is 0 Å². The average Bonchev–Trinajstić information content (AvgIpc) is 3.11. The van der Waals surface area contributed by atoms with Crippen LogP contribution in [0.5, 0.6) is 0 Å². The number of carbonyl (C=O) groups is 1. The van der Waals surface area contributed by atoms with Gasteiger partial charge in [-0.1, -0.05) is 0 Å². The molecule has 0 aliphatic carbocycles. The SMILES string of the molecule is O=C(Nc1ccc(F)cc1)N1CCC(n2nccn2)C1. The normalized spacial score (nSPS) is 18.2. The predicted molar refractivity (Wildman–Crippen MR) is 70.7 cm³/mol. The van der Waals surface area contributed by atoms with E-state index >= 15 is 0 Å². The third-order valence-corrected chi connectivity index (χ3v) is 3.31. The number of amides is 2. The molecule has 1 atom stereocenters. The van der Waals surface area contributed by atoms with E-state index in [2.05, 4.69) is 15.5 Å². The smallest absolute Gasteiger partial charge is 0.321 e. The largest absolute Gasteiger partial charge is 0.322 e. The van der Waals surface area contributed by atoms with Gasteiger partial charge in [-0.2, -0.15) is 15.0 Å². The van der Waals surface area contributed by atoms with Gasteiger partial charge in [-0.3, -0.25) is 0 Å². The number of aromatic nitrogens is 3. The van der Waals surface area contributed by atoms with Gasteiger partial charge in [-0.25, -0.2) is 9.18 Å². The molecule has 2 aromatic rings. The Hall–Kier alpha value is -2.44. The lowest BCUT2D eigenvalue weighted by Gasteiger charge is -2.17. The summed E-state index contributed by atoms with van der Waals surface area (Å²) in [6.07, 6.45) is 4.08. The molecule has 1 aliphatic heterocycles. The molecule has 6 nitrogen and oxygen atoms in total. The van der Waals surface area contributed by atoms with E-state index in [0.717, 1.165) is 6.42 Å². The second-order valence-corrected chi connectivity index (χ2v) is 4.68. The molecule has 1 aromatic heterocycles. The zero-order chi connectivity index (χ0) is 13.9. The van der Waals surface area contributed by atoms with Crippen molar-refractivity contribution in [3.63, 3.8) is 0 Å². The van der Waals surface area contributed by atoms with Crippen molar-refractivity contribution in [3.8, 4) is 0 Å². The van der Waals surface area contributed by atoms with Gasteiger partial charge in [-0.05, 0) is 30.7 Å². The maximum atomic E-state index is 12.8. The number of halogens is 1. The van der Waals surface area contributed by atoms with Crippen molar-refractivity contribution in [2.24, 2.45) is 0 Å². The predicted octanol–water partition coefficient (Wildman–Crippen LogP) is 1.90. The summed E-state index contributed by atoms with van der Waals surface area (Å²) in [5.74, 6) is -0.325. The molecule has 1 aromatic carbocycles. The Labute approximate surface area is 115 Å². The van der Waals surface area contributed by atoms with Gasteiger partial charge in [0.25, 0.3) is 0 Å². The van der Waals surface area contributed by atoms with Crippen molar-refractivity contribution < 1.29 is 9.18 Å². The Morgan fingerprint density at radius 2 is 1.95 bits per heavy atom. The molecule has 2 amide bonds. The number of urea groups is 1. The third-order valence-electron chi connectivity index (χ3n) is 3.31. The highest BCUT2D eigenvalue weighted by Gasteiger charge is 2.28. The van der Waals surface area contributed by atoms with Crippen LogP contribution in [0.15, 0.2) is 36.7 Å². The van der Waals surface area contributed by atoms with Crippen LogP contribution in [0.3, 0.4) is 0 Å². The number of benzene rings is 1. The Kier molecular flexibility index (Phi) is 3.32. The molecule has 2 heterocycles. The van der Waals surface area contributed by atoms with E-state index in [1.165, 1.54) is 24.3 Å². The molecule has 104 valence electrons. The number of hydrogen-bond acceptors (Lipinski definition) is 3. The Morgan fingerprint density at radius 1 is 1.25 bits per heavy atom. The van der Waals surface area contributed by atoms with Crippen LogP contribution in [0.25, 0.3) is 0 Å². The van der Waals surface area contributed by atoms with E-state index in [-0.39, 0.29) is 17.9 Å². The number of hydrogen-bond donors (Lipinski definition) is 1. The molecule has 0 bridgehead atoms. The zero-order valence-corrected chi connectivity index (χ0v) is 10.7. The van der Waals surface area contributed by atoms with Crippen molar-refractivity contribution in [3.05, 3.63) is 42.5 Å². The van der Waals surface area contributed by atoms with E-state index in [4.69, 9.17) is 0 Å². The summed E-state index contributed by atoms with van der Waals surface area (Å²) >= 11 is 0. The van der Waals surface area contributed by atoms with Crippen LogP contribution >= 0.6 is 0 Å². The van der Waals surface area contributed by atoms with Crippen molar-refractivity contribution in [1.82, 2.24) is 19.9 Å². The second kappa shape index (κ2) is 5.28. The van der Waals surface area contributed by atoms with Crippen LogP contribution < -0.4 is 5.32 Å². The van der Waals surface area contributed by atoms with E-state index in [1.54, 1.807) is 22.1 Å². The van der Waals surface area contributed by atoms with Gasteiger partial charge in [-0.15, -0.1) is 0 Å². The van der Waals surface area contributed by atoms with Crippen molar-refractivity contribution in [2.75, 3.05) is 18.4 Å².